The van der Waals surface area contributed by atoms with Gasteiger partial charge in [-0.15, -0.1) is 12.6 Å². The smallest absolute Gasteiger partial charge is 0.147 e. The zero-order chi connectivity index (χ0) is 7.72. The lowest BCUT2D eigenvalue weighted by Gasteiger charge is -1.97. The first-order valence-electron chi connectivity index (χ1n) is 2.54. The molecule has 4 heteroatoms. The summed E-state index contributed by atoms with van der Waals surface area (Å²) in [6, 6.07) is 1.84. The van der Waals surface area contributed by atoms with Crippen molar-refractivity contribution < 1.29 is 8.78 Å². The molecule has 0 aliphatic heterocycles. The molecule has 0 aromatic heterocycles. The third-order valence-electron chi connectivity index (χ3n) is 1.07. The van der Waals surface area contributed by atoms with E-state index in [-0.39, 0.29) is 10.6 Å². The molecule has 0 aliphatic rings. The number of nitrogen functional groups attached to an aromatic ring is 1. The highest BCUT2D eigenvalue weighted by molar-refractivity contribution is 7.80. The van der Waals surface area contributed by atoms with Crippen LogP contribution in [0, 0.1) is 11.6 Å². The van der Waals surface area contributed by atoms with Gasteiger partial charge < -0.3 is 5.73 Å². The van der Waals surface area contributed by atoms with Crippen LogP contribution in [0.5, 0.6) is 0 Å². The van der Waals surface area contributed by atoms with E-state index in [9.17, 15) is 8.78 Å². The molecule has 0 bridgehead atoms. The molecule has 2 N–H and O–H groups in total. The minimum absolute atomic E-state index is 0.0355. The molecule has 10 heavy (non-hydrogen) atoms. The molecule has 0 radical (unpaired) electrons. The quantitative estimate of drug-likeness (QED) is 0.440. The van der Waals surface area contributed by atoms with Crippen molar-refractivity contribution in [2.24, 2.45) is 0 Å². The molecule has 0 fully saturated rings. The Morgan fingerprint density at radius 3 is 2.30 bits per heavy atom. The molecule has 54 valence electrons. The summed E-state index contributed by atoms with van der Waals surface area (Å²) >= 11 is 3.64. The van der Waals surface area contributed by atoms with Gasteiger partial charge in [0.2, 0.25) is 0 Å². The van der Waals surface area contributed by atoms with Gasteiger partial charge in [0.25, 0.3) is 0 Å². The van der Waals surface area contributed by atoms with Crippen molar-refractivity contribution in [1.29, 1.82) is 0 Å². The van der Waals surface area contributed by atoms with Crippen LogP contribution in [0.4, 0.5) is 14.5 Å². The number of halogens is 2. The van der Waals surface area contributed by atoms with E-state index in [0.717, 1.165) is 12.1 Å². The molecule has 1 aromatic rings. The van der Waals surface area contributed by atoms with Crippen LogP contribution in [0.2, 0.25) is 0 Å². The van der Waals surface area contributed by atoms with Gasteiger partial charge in [-0.1, -0.05) is 0 Å². The Labute approximate surface area is 62.3 Å². The fraction of sp³-hybridized carbons (Fsp3) is 0. The van der Waals surface area contributed by atoms with Crippen molar-refractivity contribution in [3.63, 3.8) is 0 Å². The largest absolute Gasteiger partial charge is 0.396 e. The molecule has 1 aromatic carbocycles. The molecule has 0 saturated heterocycles. The van der Waals surface area contributed by atoms with Crippen molar-refractivity contribution in [1.82, 2.24) is 0 Å². The van der Waals surface area contributed by atoms with Crippen molar-refractivity contribution in [3.8, 4) is 0 Å². The molecule has 0 amide bonds. The Hall–Kier alpha value is -0.770. The Morgan fingerprint density at radius 1 is 1.20 bits per heavy atom. The van der Waals surface area contributed by atoms with Crippen LogP contribution in [0.25, 0.3) is 0 Å². The lowest BCUT2D eigenvalue weighted by Crippen LogP contribution is -1.92. The summed E-state index contributed by atoms with van der Waals surface area (Å²) in [4.78, 5) is -0.0355. The summed E-state index contributed by atoms with van der Waals surface area (Å²) < 4.78 is 24.9. The molecular weight excluding hydrogens is 156 g/mol. The summed E-state index contributed by atoms with van der Waals surface area (Å²) in [5.74, 6) is -1.26. The maximum Gasteiger partial charge on any atom is 0.147 e. The Kier molecular flexibility index (Phi) is 1.80. The second-order valence-corrected chi connectivity index (χ2v) is 2.31. The number of rotatable bonds is 0. The van der Waals surface area contributed by atoms with Crippen LogP contribution in [0.1, 0.15) is 0 Å². The zero-order valence-corrected chi connectivity index (χ0v) is 5.83. The number of benzene rings is 1. The maximum absolute atomic E-state index is 12.4. The minimum atomic E-state index is -0.647. The van der Waals surface area contributed by atoms with Gasteiger partial charge in [-0.3, -0.25) is 0 Å². The van der Waals surface area contributed by atoms with Crippen molar-refractivity contribution in [3.05, 3.63) is 23.8 Å². The number of thiol groups is 1. The molecule has 0 spiro atoms. The molecule has 1 rings (SSSR count). The van der Waals surface area contributed by atoms with E-state index >= 15 is 0 Å². The number of hydrogen-bond acceptors (Lipinski definition) is 2. The van der Waals surface area contributed by atoms with Gasteiger partial charge in [0.05, 0.1) is 5.69 Å². The minimum Gasteiger partial charge on any atom is -0.396 e. The molecule has 0 atom stereocenters. The highest BCUT2D eigenvalue weighted by Gasteiger charge is 2.03. The first kappa shape index (κ1) is 7.34. The van der Waals surface area contributed by atoms with Crippen LogP contribution in [0.3, 0.4) is 0 Å². The van der Waals surface area contributed by atoms with E-state index in [1.54, 1.807) is 0 Å². The predicted molar refractivity (Wildman–Crippen MR) is 38.0 cm³/mol. The number of anilines is 1. The van der Waals surface area contributed by atoms with Crippen LogP contribution in [-0.2, 0) is 0 Å². The van der Waals surface area contributed by atoms with Crippen LogP contribution < -0.4 is 5.73 Å². The van der Waals surface area contributed by atoms with E-state index < -0.39 is 11.6 Å². The average molecular weight is 161 g/mol. The molecule has 1 nitrogen and oxygen atoms in total. The SMILES string of the molecule is Nc1cc(F)c(S)cc1F. The topological polar surface area (TPSA) is 26.0 Å². The van der Waals surface area contributed by atoms with E-state index in [2.05, 4.69) is 12.6 Å². The van der Waals surface area contributed by atoms with Gasteiger partial charge in [-0.25, -0.2) is 8.78 Å². The predicted octanol–water partition coefficient (Wildman–Crippen LogP) is 1.84. The summed E-state index contributed by atoms with van der Waals surface area (Å²) in [6.45, 7) is 0. The van der Waals surface area contributed by atoms with Gasteiger partial charge in [-0.05, 0) is 6.07 Å². The summed E-state index contributed by atoms with van der Waals surface area (Å²) in [5.41, 5.74) is 4.84. The van der Waals surface area contributed by atoms with Gasteiger partial charge in [0.1, 0.15) is 11.6 Å². The second-order valence-electron chi connectivity index (χ2n) is 1.83. The van der Waals surface area contributed by atoms with E-state index in [1.165, 1.54) is 0 Å². The number of nitrogens with two attached hydrogens (primary N) is 1. The van der Waals surface area contributed by atoms with Gasteiger partial charge >= 0.3 is 0 Å². The third kappa shape index (κ3) is 1.21. The van der Waals surface area contributed by atoms with Gasteiger partial charge in [-0.2, -0.15) is 0 Å². The van der Waals surface area contributed by atoms with Crippen molar-refractivity contribution >= 4 is 18.3 Å². The fourth-order valence-electron chi connectivity index (χ4n) is 0.552. The van der Waals surface area contributed by atoms with Crippen LogP contribution in [-0.4, -0.2) is 0 Å². The Morgan fingerprint density at radius 2 is 1.80 bits per heavy atom. The molecule has 0 heterocycles. The summed E-state index contributed by atoms with van der Waals surface area (Å²) in [6.07, 6.45) is 0. The van der Waals surface area contributed by atoms with Crippen molar-refractivity contribution in [2.45, 2.75) is 4.90 Å². The van der Waals surface area contributed by atoms with Crippen LogP contribution >= 0.6 is 12.6 Å². The number of hydrogen-bond donors (Lipinski definition) is 2. The van der Waals surface area contributed by atoms with Gasteiger partial charge in [0.15, 0.2) is 0 Å². The molecule has 0 unspecified atom stereocenters. The van der Waals surface area contributed by atoms with E-state index in [0.29, 0.717) is 0 Å². The van der Waals surface area contributed by atoms with Crippen molar-refractivity contribution in [2.75, 3.05) is 5.73 Å². The Bertz CT molecular complexity index is 212. The standard InChI is InChI=1S/C6H5F2NS/c7-3-2-6(10)4(8)1-5(3)9/h1-2,10H,9H2. The van der Waals surface area contributed by atoms with E-state index in [4.69, 9.17) is 5.73 Å². The van der Waals surface area contributed by atoms with Gasteiger partial charge in [0, 0.05) is 11.0 Å². The second kappa shape index (κ2) is 2.46. The Balaban J connectivity index is 3.28. The molecule has 0 aliphatic carbocycles. The summed E-state index contributed by atoms with van der Waals surface area (Å²) in [7, 11) is 0. The molecular formula is C6H5F2NS. The first-order chi connectivity index (χ1) is 4.61. The monoisotopic (exact) mass is 161 g/mol. The first-order valence-corrected chi connectivity index (χ1v) is 2.99. The summed E-state index contributed by atoms with van der Waals surface area (Å²) in [5, 5.41) is 0. The highest BCUT2D eigenvalue weighted by atomic mass is 32.1. The fourth-order valence-corrected chi connectivity index (χ4v) is 0.730. The third-order valence-corrected chi connectivity index (χ3v) is 1.41. The van der Waals surface area contributed by atoms with E-state index in [1.807, 2.05) is 0 Å². The lowest BCUT2D eigenvalue weighted by atomic mass is 10.3. The lowest BCUT2D eigenvalue weighted by molar-refractivity contribution is 0.581. The molecule has 0 saturated carbocycles. The maximum atomic E-state index is 12.4. The highest BCUT2D eigenvalue weighted by Crippen LogP contribution is 2.18. The van der Waals surface area contributed by atoms with Crippen LogP contribution in [0.15, 0.2) is 17.0 Å². The zero-order valence-electron chi connectivity index (χ0n) is 4.94. The average Bonchev–Trinajstić information content (AvgIpc) is 1.84. The normalized spacial score (nSPS) is 9.90.